The molecular weight excluding hydrogens is 190 g/mol. The Morgan fingerprint density at radius 2 is 2.07 bits per heavy atom. The van der Waals surface area contributed by atoms with E-state index in [9.17, 15) is 4.79 Å². The Morgan fingerprint density at radius 1 is 1.40 bits per heavy atom. The van der Waals surface area contributed by atoms with E-state index in [2.05, 4.69) is 10.6 Å². The van der Waals surface area contributed by atoms with Gasteiger partial charge in [0, 0.05) is 39.6 Å². The summed E-state index contributed by atoms with van der Waals surface area (Å²) in [5.41, 5.74) is 0. The molecule has 4 heteroatoms. The van der Waals surface area contributed by atoms with E-state index >= 15 is 0 Å². The highest BCUT2D eigenvalue weighted by Gasteiger charge is 2.12. The molecule has 87 valence electrons. The average Bonchev–Trinajstić information content (AvgIpc) is 2.25. The Labute approximate surface area is 92.4 Å². The molecule has 0 unspecified atom stereocenters. The van der Waals surface area contributed by atoms with Crippen molar-refractivity contribution in [1.82, 2.24) is 15.5 Å². The number of carbonyl (C=O) groups excluding carboxylic acids is 1. The first-order chi connectivity index (χ1) is 7.20. The van der Waals surface area contributed by atoms with Crippen molar-refractivity contribution in [2.75, 3.05) is 33.7 Å². The van der Waals surface area contributed by atoms with Gasteiger partial charge in [-0.2, -0.15) is 0 Å². The normalized spacial score (nSPS) is 17.7. The maximum atomic E-state index is 11.3. The van der Waals surface area contributed by atoms with Crippen molar-refractivity contribution < 1.29 is 4.79 Å². The number of hydrogen-bond donors (Lipinski definition) is 1. The van der Waals surface area contributed by atoms with Crippen LogP contribution in [-0.4, -0.2) is 50.6 Å². The summed E-state index contributed by atoms with van der Waals surface area (Å²) >= 11 is 0. The van der Waals surface area contributed by atoms with E-state index < -0.39 is 0 Å². The highest BCUT2D eigenvalue weighted by molar-refractivity contribution is 5.75. The fourth-order valence-corrected chi connectivity index (χ4v) is 1.72. The topological polar surface area (TPSA) is 46.4 Å². The molecule has 15 heavy (non-hydrogen) atoms. The molecule has 0 aromatic heterocycles. The molecule has 0 atom stereocenters. The first-order valence-corrected chi connectivity index (χ1v) is 5.77. The first-order valence-electron chi connectivity index (χ1n) is 5.77. The van der Waals surface area contributed by atoms with E-state index in [-0.39, 0.29) is 5.91 Å². The third-order valence-corrected chi connectivity index (χ3v) is 2.77. The Balaban J connectivity index is 1.98. The summed E-state index contributed by atoms with van der Waals surface area (Å²) in [7, 11) is 3.61. The Kier molecular flexibility index (Phi) is 5.65. The largest absolute Gasteiger partial charge is 0.349 e. The molecule has 0 spiro atoms. The van der Waals surface area contributed by atoms with Gasteiger partial charge in [0.05, 0.1) is 0 Å². The molecule has 0 aromatic carbocycles. The van der Waals surface area contributed by atoms with Gasteiger partial charge in [-0.05, 0) is 25.8 Å². The van der Waals surface area contributed by atoms with Gasteiger partial charge in [-0.15, -0.1) is 0 Å². The predicted octanol–water partition coefficient (Wildman–Crippen LogP) is 0.211. The van der Waals surface area contributed by atoms with Crippen molar-refractivity contribution in [2.45, 2.75) is 31.7 Å². The maximum absolute atomic E-state index is 11.3. The summed E-state index contributed by atoms with van der Waals surface area (Å²) in [5, 5.41) is 7.79. The standard InChI is InChI=1S/C11H22N3O/c1-14(2)11(15)4-3-7-13-10-5-8-12-9-6-10/h10,13H,3-9H2,1-2H3. The molecule has 1 radical (unpaired) electrons. The summed E-state index contributed by atoms with van der Waals surface area (Å²) in [6.45, 7) is 2.94. The Morgan fingerprint density at radius 3 is 2.67 bits per heavy atom. The van der Waals surface area contributed by atoms with E-state index in [1.807, 2.05) is 0 Å². The number of amides is 1. The van der Waals surface area contributed by atoms with Gasteiger partial charge in [-0.3, -0.25) is 4.79 Å². The van der Waals surface area contributed by atoms with Crippen molar-refractivity contribution in [1.29, 1.82) is 0 Å². The zero-order valence-corrected chi connectivity index (χ0v) is 9.83. The number of carbonyl (C=O) groups is 1. The second-order valence-corrected chi connectivity index (χ2v) is 4.29. The van der Waals surface area contributed by atoms with Crippen LogP contribution < -0.4 is 10.6 Å². The fourth-order valence-electron chi connectivity index (χ4n) is 1.72. The Hall–Kier alpha value is -0.610. The van der Waals surface area contributed by atoms with Gasteiger partial charge in [0.15, 0.2) is 0 Å². The third kappa shape index (κ3) is 5.14. The van der Waals surface area contributed by atoms with Crippen molar-refractivity contribution in [3.63, 3.8) is 0 Å². The summed E-state index contributed by atoms with van der Waals surface area (Å²) in [6.07, 6.45) is 3.89. The first kappa shape index (κ1) is 12.5. The van der Waals surface area contributed by atoms with Crippen LogP contribution >= 0.6 is 0 Å². The minimum atomic E-state index is 0.218. The summed E-state index contributed by atoms with van der Waals surface area (Å²) in [4.78, 5) is 12.9. The minimum Gasteiger partial charge on any atom is -0.349 e. The van der Waals surface area contributed by atoms with Crippen molar-refractivity contribution in [3.8, 4) is 0 Å². The fraction of sp³-hybridized carbons (Fsp3) is 0.909. The lowest BCUT2D eigenvalue weighted by Crippen LogP contribution is -2.38. The Bertz CT molecular complexity index is 188. The van der Waals surface area contributed by atoms with E-state index in [1.54, 1.807) is 19.0 Å². The monoisotopic (exact) mass is 212 g/mol. The molecule has 1 rings (SSSR count). The number of piperidine rings is 1. The summed E-state index contributed by atoms with van der Waals surface area (Å²) in [5.74, 6) is 0.218. The van der Waals surface area contributed by atoms with Gasteiger partial charge >= 0.3 is 0 Å². The van der Waals surface area contributed by atoms with E-state index in [4.69, 9.17) is 0 Å². The number of hydrogen-bond acceptors (Lipinski definition) is 2. The summed E-state index contributed by atoms with van der Waals surface area (Å²) in [6, 6.07) is 0.622. The number of nitrogens with one attached hydrogen (secondary N) is 1. The van der Waals surface area contributed by atoms with Crippen LogP contribution in [0.25, 0.3) is 0 Å². The van der Waals surface area contributed by atoms with Gasteiger partial charge in [0.2, 0.25) is 5.91 Å². The SMILES string of the molecule is CN(C)C(=O)CCCNC1CC[N]CC1. The molecule has 0 aromatic rings. The molecule has 4 nitrogen and oxygen atoms in total. The molecule has 0 bridgehead atoms. The zero-order valence-electron chi connectivity index (χ0n) is 9.83. The van der Waals surface area contributed by atoms with Crippen LogP contribution in [0.5, 0.6) is 0 Å². The van der Waals surface area contributed by atoms with Crippen LogP contribution in [0.15, 0.2) is 0 Å². The van der Waals surface area contributed by atoms with Crippen LogP contribution in [0.3, 0.4) is 0 Å². The molecule has 0 saturated carbocycles. The molecule has 1 aliphatic heterocycles. The van der Waals surface area contributed by atoms with Crippen LogP contribution in [0.1, 0.15) is 25.7 Å². The second-order valence-electron chi connectivity index (χ2n) is 4.29. The quantitative estimate of drug-likeness (QED) is 0.662. The van der Waals surface area contributed by atoms with E-state index in [0.717, 1.165) is 38.9 Å². The van der Waals surface area contributed by atoms with Crippen LogP contribution in [-0.2, 0) is 4.79 Å². The molecule has 1 amide bonds. The molecule has 1 aliphatic rings. The van der Waals surface area contributed by atoms with Crippen LogP contribution in [0, 0.1) is 0 Å². The second kappa shape index (κ2) is 6.80. The van der Waals surface area contributed by atoms with Crippen molar-refractivity contribution >= 4 is 5.91 Å². The average molecular weight is 212 g/mol. The molecule has 0 aliphatic carbocycles. The van der Waals surface area contributed by atoms with Crippen molar-refractivity contribution in [2.24, 2.45) is 0 Å². The summed E-state index contributed by atoms with van der Waals surface area (Å²) < 4.78 is 0. The highest BCUT2D eigenvalue weighted by Crippen LogP contribution is 2.03. The molecule has 1 fully saturated rings. The molecule has 1 heterocycles. The maximum Gasteiger partial charge on any atom is 0.222 e. The zero-order chi connectivity index (χ0) is 11.1. The lowest BCUT2D eigenvalue weighted by Gasteiger charge is -2.22. The van der Waals surface area contributed by atoms with Gasteiger partial charge < -0.3 is 10.2 Å². The van der Waals surface area contributed by atoms with Gasteiger partial charge in [-0.25, -0.2) is 5.32 Å². The molecule has 1 saturated heterocycles. The van der Waals surface area contributed by atoms with Gasteiger partial charge in [0.1, 0.15) is 0 Å². The van der Waals surface area contributed by atoms with Gasteiger partial charge in [-0.1, -0.05) is 0 Å². The van der Waals surface area contributed by atoms with Gasteiger partial charge in [0.25, 0.3) is 0 Å². The third-order valence-electron chi connectivity index (χ3n) is 2.77. The number of nitrogens with zero attached hydrogens (tertiary/aromatic N) is 2. The molecular formula is C11H22N3O. The molecule has 1 N–H and O–H groups in total. The van der Waals surface area contributed by atoms with E-state index in [0.29, 0.717) is 12.5 Å². The minimum absolute atomic E-state index is 0.218. The van der Waals surface area contributed by atoms with Crippen LogP contribution in [0.4, 0.5) is 0 Å². The van der Waals surface area contributed by atoms with Crippen molar-refractivity contribution in [3.05, 3.63) is 0 Å². The van der Waals surface area contributed by atoms with E-state index in [1.165, 1.54) is 0 Å². The highest BCUT2D eigenvalue weighted by atomic mass is 16.2. The van der Waals surface area contributed by atoms with Crippen LogP contribution in [0.2, 0.25) is 0 Å². The number of rotatable bonds is 5. The smallest absolute Gasteiger partial charge is 0.222 e. The lowest BCUT2D eigenvalue weighted by atomic mass is 10.1. The lowest BCUT2D eigenvalue weighted by molar-refractivity contribution is -0.128. The predicted molar refractivity (Wildman–Crippen MR) is 60.8 cm³/mol.